The third-order valence-corrected chi connectivity index (χ3v) is 4.83. The predicted octanol–water partition coefficient (Wildman–Crippen LogP) is 1.78. The highest BCUT2D eigenvalue weighted by molar-refractivity contribution is 5.93. The lowest BCUT2D eigenvalue weighted by molar-refractivity contribution is 0.0483. The average molecular weight is 327 g/mol. The van der Waals surface area contributed by atoms with Gasteiger partial charge in [-0.05, 0) is 38.4 Å². The summed E-state index contributed by atoms with van der Waals surface area (Å²) in [4.78, 5) is 25.6. The van der Waals surface area contributed by atoms with Crippen LogP contribution in [0.5, 0.6) is 0 Å². The Hall–Kier alpha value is -2.28. The van der Waals surface area contributed by atoms with Gasteiger partial charge < -0.3 is 9.42 Å². The summed E-state index contributed by atoms with van der Waals surface area (Å²) in [5, 5.41) is 4.10. The Morgan fingerprint density at radius 2 is 2.17 bits per heavy atom. The van der Waals surface area contributed by atoms with Crippen LogP contribution in [0, 0.1) is 6.92 Å². The molecule has 2 aliphatic rings. The molecule has 1 atom stereocenters. The number of aromatic nitrogens is 3. The second-order valence-electron chi connectivity index (χ2n) is 6.68. The van der Waals surface area contributed by atoms with Crippen LogP contribution in [0.1, 0.15) is 52.6 Å². The Labute approximate surface area is 140 Å². The molecule has 24 heavy (non-hydrogen) atoms. The van der Waals surface area contributed by atoms with Gasteiger partial charge in [0.15, 0.2) is 5.82 Å². The Morgan fingerprint density at radius 1 is 1.33 bits per heavy atom. The fraction of sp³-hybridized carbons (Fsp3) is 0.529. The summed E-state index contributed by atoms with van der Waals surface area (Å²) in [6, 6.07) is 3.69. The molecule has 0 bridgehead atoms. The number of hydrogen-bond acceptors (Lipinski definition) is 6. The van der Waals surface area contributed by atoms with Crippen LogP contribution in [0.3, 0.4) is 0 Å². The second-order valence-corrected chi connectivity index (χ2v) is 6.68. The maximum atomic E-state index is 12.8. The van der Waals surface area contributed by atoms with Gasteiger partial charge in [0.25, 0.3) is 5.91 Å². The Morgan fingerprint density at radius 3 is 2.92 bits per heavy atom. The second kappa shape index (κ2) is 5.98. The van der Waals surface area contributed by atoms with Gasteiger partial charge in [0.2, 0.25) is 5.89 Å². The van der Waals surface area contributed by atoms with Gasteiger partial charge in [-0.2, -0.15) is 4.98 Å². The summed E-state index contributed by atoms with van der Waals surface area (Å²) in [6.45, 7) is 3.89. The standard InChI is InChI=1S/C17H21N5O2/c1-11-4-3-7-18-14(11)17(23)22-9-8-21(2)13(10-22)16-19-15(20-24-16)12-5-6-12/h3-4,7,12-13H,5-6,8-10H2,1-2H3. The van der Waals surface area contributed by atoms with Gasteiger partial charge in [-0.15, -0.1) is 0 Å². The smallest absolute Gasteiger partial charge is 0.272 e. The van der Waals surface area contributed by atoms with E-state index in [4.69, 9.17) is 4.52 Å². The molecule has 1 amide bonds. The van der Waals surface area contributed by atoms with Crippen LogP contribution < -0.4 is 0 Å². The maximum Gasteiger partial charge on any atom is 0.272 e. The lowest BCUT2D eigenvalue weighted by Crippen LogP contribution is -2.49. The third-order valence-electron chi connectivity index (χ3n) is 4.83. The summed E-state index contributed by atoms with van der Waals surface area (Å²) in [5.74, 6) is 1.84. The Bertz CT molecular complexity index is 755. The molecular weight excluding hydrogens is 306 g/mol. The molecule has 2 aromatic heterocycles. The summed E-state index contributed by atoms with van der Waals surface area (Å²) >= 11 is 0. The highest BCUT2D eigenvalue weighted by atomic mass is 16.5. The molecule has 0 N–H and O–H groups in total. The van der Waals surface area contributed by atoms with E-state index in [-0.39, 0.29) is 11.9 Å². The number of carbonyl (C=O) groups is 1. The van der Waals surface area contributed by atoms with Crippen molar-refractivity contribution in [3.05, 3.63) is 41.3 Å². The fourth-order valence-electron chi connectivity index (χ4n) is 3.07. The number of aryl methyl sites for hydroxylation is 1. The highest BCUT2D eigenvalue weighted by Crippen LogP contribution is 2.38. The number of likely N-dealkylation sites (N-methyl/N-ethyl adjacent to an activating group) is 1. The first-order valence-corrected chi connectivity index (χ1v) is 8.38. The van der Waals surface area contributed by atoms with E-state index in [1.165, 1.54) is 0 Å². The molecule has 3 heterocycles. The maximum absolute atomic E-state index is 12.8. The van der Waals surface area contributed by atoms with E-state index in [1.54, 1.807) is 6.20 Å². The molecular formula is C17H21N5O2. The molecule has 2 fully saturated rings. The van der Waals surface area contributed by atoms with Gasteiger partial charge in [0, 0.05) is 31.7 Å². The van der Waals surface area contributed by atoms with E-state index in [1.807, 2.05) is 31.0 Å². The van der Waals surface area contributed by atoms with Crippen LogP contribution in [0.25, 0.3) is 0 Å². The van der Waals surface area contributed by atoms with E-state index in [0.717, 1.165) is 30.8 Å². The van der Waals surface area contributed by atoms with Gasteiger partial charge >= 0.3 is 0 Å². The van der Waals surface area contributed by atoms with Crippen molar-refractivity contribution in [2.24, 2.45) is 0 Å². The average Bonchev–Trinajstić information content (AvgIpc) is 3.33. The number of rotatable bonds is 3. The number of pyridine rings is 1. The van der Waals surface area contributed by atoms with E-state index in [2.05, 4.69) is 20.0 Å². The molecule has 7 nitrogen and oxygen atoms in total. The summed E-state index contributed by atoms with van der Waals surface area (Å²) in [6.07, 6.45) is 3.94. The lowest BCUT2D eigenvalue weighted by Gasteiger charge is -2.37. The summed E-state index contributed by atoms with van der Waals surface area (Å²) in [5.41, 5.74) is 1.41. The van der Waals surface area contributed by atoms with E-state index < -0.39 is 0 Å². The van der Waals surface area contributed by atoms with Gasteiger partial charge in [-0.25, -0.2) is 0 Å². The van der Waals surface area contributed by atoms with Crippen molar-refractivity contribution in [3.8, 4) is 0 Å². The molecule has 0 spiro atoms. The van der Waals surface area contributed by atoms with Crippen molar-refractivity contribution >= 4 is 5.91 Å². The van der Waals surface area contributed by atoms with Gasteiger partial charge in [0.05, 0.1) is 0 Å². The largest absolute Gasteiger partial charge is 0.338 e. The quantitative estimate of drug-likeness (QED) is 0.855. The van der Waals surface area contributed by atoms with E-state index >= 15 is 0 Å². The zero-order valence-electron chi connectivity index (χ0n) is 14.0. The molecule has 1 saturated heterocycles. The van der Waals surface area contributed by atoms with Crippen molar-refractivity contribution in [1.29, 1.82) is 0 Å². The van der Waals surface area contributed by atoms with Gasteiger partial charge in [0.1, 0.15) is 11.7 Å². The number of amides is 1. The molecule has 2 aromatic rings. The molecule has 1 aliphatic heterocycles. The molecule has 0 radical (unpaired) electrons. The van der Waals surface area contributed by atoms with Crippen molar-refractivity contribution in [2.75, 3.05) is 26.7 Å². The molecule has 1 aliphatic carbocycles. The number of hydrogen-bond donors (Lipinski definition) is 0. The van der Waals surface area contributed by atoms with Crippen LogP contribution in [0.15, 0.2) is 22.9 Å². The minimum atomic E-state index is -0.0632. The van der Waals surface area contributed by atoms with Crippen LogP contribution in [0.2, 0.25) is 0 Å². The third kappa shape index (κ3) is 2.80. The first-order valence-electron chi connectivity index (χ1n) is 8.38. The minimum Gasteiger partial charge on any atom is -0.338 e. The first-order chi connectivity index (χ1) is 11.6. The van der Waals surface area contributed by atoms with Crippen molar-refractivity contribution < 1.29 is 9.32 Å². The monoisotopic (exact) mass is 327 g/mol. The Kier molecular flexibility index (Phi) is 3.80. The van der Waals surface area contributed by atoms with Crippen molar-refractivity contribution in [2.45, 2.75) is 31.7 Å². The van der Waals surface area contributed by atoms with Crippen molar-refractivity contribution in [1.82, 2.24) is 24.9 Å². The van der Waals surface area contributed by atoms with Crippen LogP contribution in [0.4, 0.5) is 0 Å². The molecule has 1 unspecified atom stereocenters. The normalized spacial score (nSPS) is 21.9. The topological polar surface area (TPSA) is 75.4 Å². The fourth-order valence-corrected chi connectivity index (χ4v) is 3.07. The molecule has 1 saturated carbocycles. The van der Waals surface area contributed by atoms with Crippen LogP contribution in [-0.4, -0.2) is 57.5 Å². The van der Waals surface area contributed by atoms with E-state index in [0.29, 0.717) is 30.6 Å². The Balaban J connectivity index is 1.53. The summed E-state index contributed by atoms with van der Waals surface area (Å²) < 4.78 is 5.48. The van der Waals surface area contributed by atoms with Crippen LogP contribution >= 0.6 is 0 Å². The van der Waals surface area contributed by atoms with Crippen molar-refractivity contribution in [3.63, 3.8) is 0 Å². The highest BCUT2D eigenvalue weighted by Gasteiger charge is 2.35. The summed E-state index contributed by atoms with van der Waals surface area (Å²) in [7, 11) is 2.03. The van der Waals surface area contributed by atoms with Gasteiger partial charge in [-0.1, -0.05) is 11.2 Å². The number of piperazine rings is 1. The molecule has 126 valence electrons. The molecule has 4 rings (SSSR count). The minimum absolute atomic E-state index is 0.0341. The molecule has 0 aromatic carbocycles. The molecule has 7 heteroatoms. The zero-order chi connectivity index (χ0) is 16.7. The predicted molar refractivity (Wildman–Crippen MR) is 86.5 cm³/mol. The van der Waals surface area contributed by atoms with Gasteiger partial charge in [-0.3, -0.25) is 14.7 Å². The number of carbonyl (C=O) groups excluding carboxylic acids is 1. The van der Waals surface area contributed by atoms with E-state index in [9.17, 15) is 4.79 Å². The zero-order valence-corrected chi connectivity index (χ0v) is 14.0. The SMILES string of the molecule is Cc1cccnc1C(=O)N1CCN(C)C(c2nc(C3CC3)no2)C1. The lowest BCUT2D eigenvalue weighted by atomic mass is 10.1. The number of nitrogens with zero attached hydrogens (tertiary/aromatic N) is 5. The first kappa shape index (κ1) is 15.3. The van der Waals surface area contributed by atoms with Crippen LogP contribution in [-0.2, 0) is 0 Å².